The van der Waals surface area contributed by atoms with E-state index in [4.69, 9.17) is 4.74 Å². The van der Waals surface area contributed by atoms with Crippen LogP contribution in [0.3, 0.4) is 0 Å². The number of nitrogens with zero attached hydrogens (tertiary/aromatic N) is 1. The van der Waals surface area contributed by atoms with E-state index in [1.165, 1.54) is 0 Å². The lowest BCUT2D eigenvalue weighted by molar-refractivity contribution is -0.133. The van der Waals surface area contributed by atoms with Gasteiger partial charge >= 0.3 is 0 Å². The molecule has 0 bridgehead atoms. The van der Waals surface area contributed by atoms with Crippen LogP contribution < -0.4 is 10.1 Å². The number of benzene rings is 1. The summed E-state index contributed by atoms with van der Waals surface area (Å²) in [6.07, 6.45) is 2.69. The van der Waals surface area contributed by atoms with Gasteiger partial charge < -0.3 is 15.0 Å². The molecule has 1 saturated heterocycles. The summed E-state index contributed by atoms with van der Waals surface area (Å²) in [4.78, 5) is 26.7. The maximum atomic E-state index is 12.6. The van der Waals surface area contributed by atoms with Gasteiger partial charge in [-0.3, -0.25) is 9.59 Å². The Bertz CT molecular complexity index is 616. The molecular weight excluding hydrogens is 312 g/mol. The molecule has 0 radical (unpaired) electrons. The molecule has 2 amide bonds. The van der Waals surface area contributed by atoms with E-state index in [0.29, 0.717) is 28.6 Å². The van der Waals surface area contributed by atoms with Gasteiger partial charge in [0.1, 0.15) is 11.8 Å². The molecule has 0 saturated carbocycles. The summed E-state index contributed by atoms with van der Waals surface area (Å²) in [6.45, 7) is 3.78. The minimum atomic E-state index is -0.461. The number of amides is 2. The summed E-state index contributed by atoms with van der Waals surface area (Å²) in [7, 11) is 1.56. The SMILES string of the molecule is CC/C=C(\C)C(=O)N1CSC[C@H]1C(=O)Nc1ccccc1OC. The Hall–Kier alpha value is -1.95. The van der Waals surface area contributed by atoms with Gasteiger partial charge in [-0.2, -0.15) is 0 Å². The lowest BCUT2D eigenvalue weighted by atomic mass is 10.2. The number of hydrogen-bond acceptors (Lipinski definition) is 4. The van der Waals surface area contributed by atoms with Crippen molar-refractivity contribution in [3.63, 3.8) is 0 Å². The average Bonchev–Trinajstić information content (AvgIpc) is 3.04. The molecule has 0 unspecified atom stereocenters. The number of hydrogen-bond donors (Lipinski definition) is 1. The number of carbonyl (C=O) groups excluding carboxylic acids is 2. The molecule has 23 heavy (non-hydrogen) atoms. The Labute approximate surface area is 141 Å². The molecule has 0 aromatic heterocycles. The molecule has 0 spiro atoms. The fourth-order valence-electron chi connectivity index (χ4n) is 2.44. The van der Waals surface area contributed by atoms with E-state index in [9.17, 15) is 9.59 Å². The second-order valence-corrected chi connectivity index (χ2v) is 6.28. The molecule has 1 atom stereocenters. The molecular formula is C17H22N2O3S. The molecule has 1 fully saturated rings. The maximum absolute atomic E-state index is 12.6. The van der Waals surface area contributed by atoms with Gasteiger partial charge in [-0.15, -0.1) is 11.8 Å². The standard InChI is InChI=1S/C17H22N2O3S/c1-4-7-12(2)17(21)19-11-23-10-14(19)16(20)18-13-8-5-6-9-15(13)22-3/h5-9,14H,4,10-11H2,1-3H3,(H,18,20)/b12-7+/t14-/m0/s1. The first-order chi connectivity index (χ1) is 11.1. The Balaban J connectivity index is 2.12. The number of carbonyl (C=O) groups is 2. The highest BCUT2D eigenvalue weighted by Gasteiger charge is 2.35. The minimum absolute atomic E-state index is 0.0722. The van der Waals surface area contributed by atoms with Gasteiger partial charge in [0.15, 0.2) is 0 Å². The van der Waals surface area contributed by atoms with Crippen molar-refractivity contribution in [2.45, 2.75) is 26.3 Å². The van der Waals surface area contributed by atoms with E-state index in [1.807, 2.05) is 25.1 Å². The van der Waals surface area contributed by atoms with Crippen LogP contribution in [0, 0.1) is 0 Å². The van der Waals surface area contributed by atoms with Crippen molar-refractivity contribution in [1.29, 1.82) is 0 Å². The molecule has 1 aliphatic heterocycles. The minimum Gasteiger partial charge on any atom is -0.495 e. The highest BCUT2D eigenvalue weighted by molar-refractivity contribution is 7.99. The van der Waals surface area contributed by atoms with Gasteiger partial charge in [-0.25, -0.2) is 0 Å². The van der Waals surface area contributed by atoms with Gasteiger partial charge in [-0.1, -0.05) is 25.1 Å². The van der Waals surface area contributed by atoms with Crippen molar-refractivity contribution in [3.05, 3.63) is 35.9 Å². The number of methoxy groups -OCH3 is 1. The number of anilines is 1. The summed E-state index contributed by atoms with van der Waals surface area (Å²) in [6, 6.07) is 6.79. The monoisotopic (exact) mass is 334 g/mol. The molecule has 1 aromatic carbocycles. The van der Waals surface area contributed by atoms with Crippen LogP contribution in [0.15, 0.2) is 35.9 Å². The zero-order chi connectivity index (χ0) is 16.8. The van der Waals surface area contributed by atoms with Crippen molar-refractivity contribution in [3.8, 4) is 5.75 Å². The lowest BCUT2D eigenvalue weighted by Crippen LogP contribution is -2.44. The summed E-state index contributed by atoms with van der Waals surface area (Å²) >= 11 is 1.59. The highest BCUT2D eigenvalue weighted by Crippen LogP contribution is 2.27. The third-order valence-electron chi connectivity index (χ3n) is 3.66. The fraction of sp³-hybridized carbons (Fsp3) is 0.412. The van der Waals surface area contributed by atoms with Crippen LogP contribution in [0.25, 0.3) is 0 Å². The predicted molar refractivity (Wildman–Crippen MR) is 93.6 cm³/mol. The Morgan fingerprint density at radius 3 is 2.87 bits per heavy atom. The molecule has 0 aliphatic carbocycles. The number of para-hydroxylation sites is 2. The van der Waals surface area contributed by atoms with Crippen molar-refractivity contribution in [1.82, 2.24) is 4.90 Å². The zero-order valence-electron chi connectivity index (χ0n) is 13.7. The van der Waals surface area contributed by atoms with Gasteiger partial charge in [0, 0.05) is 11.3 Å². The Morgan fingerprint density at radius 1 is 1.43 bits per heavy atom. The second-order valence-electron chi connectivity index (χ2n) is 5.28. The number of ether oxygens (including phenoxy) is 1. The fourth-order valence-corrected chi connectivity index (χ4v) is 3.60. The summed E-state index contributed by atoms with van der Waals surface area (Å²) in [5.41, 5.74) is 1.30. The van der Waals surface area contributed by atoms with Crippen LogP contribution in [0.4, 0.5) is 5.69 Å². The van der Waals surface area contributed by atoms with E-state index in [1.54, 1.807) is 42.8 Å². The van der Waals surface area contributed by atoms with Crippen LogP contribution in [0.2, 0.25) is 0 Å². The van der Waals surface area contributed by atoms with Crippen molar-refractivity contribution in [2.75, 3.05) is 24.1 Å². The van der Waals surface area contributed by atoms with Gasteiger partial charge in [0.25, 0.3) is 5.91 Å². The maximum Gasteiger partial charge on any atom is 0.250 e. The Morgan fingerprint density at radius 2 is 2.17 bits per heavy atom. The molecule has 1 aliphatic rings. The molecule has 1 aromatic rings. The van der Waals surface area contributed by atoms with E-state index in [-0.39, 0.29) is 11.8 Å². The van der Waals surface area contributed by atoms with Crippen LogP contribution in [0.1, 0.15) is 20.3 Å². The number of thioether (sulfide) groups is 1. The summed E-state index contributed by atoms with van der Waals surface area (Å²) in [5, 5.41) is 2.87. The normalized spacial score (nSPS) is 18.0. The van der Waals surface area contributed by atoms with E-state index in [0.717, 1.165) is 6.42 Å². The lowest BCUT2D eigenvalue weighted by Gasteiger charge is -2.23. The molecule has 1 heterocycles. The van der Waals surface area contributed by atoms with E-state index in [2.05, 4.69) is 5.32 Å². The highest BCUT2D eigenvalue weighted by atomic mass is 32.2. The quantitative estimate of drug-likeness (QED) is 0.841. The topological polar surface area (TPSA) is 58.6 Å². The van der Waals surface area contributed by atoms with Crippen molar-refractivity contribution < 1.29 is 14.3 Å². The van der Waals surface area contributed by atoms with Crippen molar-refractivity contribution in [2.24, 2.45) is 0 Å². The van der Waals surface area contributed by atoms with Crippen LogP contribution in [-0.2, 0) is 9.59 Å². The average molecular weight is 334 g/mol. The molecule has 1 N–H and O–H groups in total. The third-order valence-corrected chi connectivity index (χ3v) is 4.67. The number of nitrogens with one attached hydrogen (secondary N) is 1. The molecule has 5 nitrogen and oxygen atoms in total. The zero-order valence-corrected chi connectivity index (χ0v) is 14.5. The predicted octanol–water partition coefficient (Wildman–Crippen LogP) is 2.89. The summed E-state index contributed by atoms with van der Waals surface area (Å²) < 4.78 is 5.24. The molecule has 2 rings (SSSR count). The number of allylic oxidation sites excluding steroid dienone is 1. The first-order valence-corrected chi connectivity index (χ1v) is 8.73. The molecule has 124 valence electrons. The van der Waals surface area contributed by atoms with Crippen LogP contribution >= 0.6 is 11.8 Å². The van der Waals surface area contributed by atoms with Crippen LogP contribution in [-0.4, -0.2) is 41.5 Å². The summed E-state index contributed by atoms with van der Waals surface area (Å²) in [5.74, 6) is 1.49. The Kier molecular flexibility index (Phi) is 6.10. The first-order valence-electron chi connectivity index (χ1n) is 7.57. The van der Waals surface area contributed by atoms with Crippen molar-refractivity contribution >= 4 is 29.3 Å². The van der Waals surface area contributed by atoms with E-state index >= 15 is 0 Å². The largest absolute Gasteiger partial charge is 0.495 e. The van der Waals surface area contributed by atoms with E-state index < -0.39 is 6.04 Å². The smallest absolute Gasteiger partial charge is 0.250 e. The van der Waals surface area contributed by atoms with Gasteiger partial charge in [0.05, 0.1) is 18.7 Å². The van der Waals surface area contributed by atoms with Gasteiger partial charge in [0.2, 0.25) is 5.91 Å². The second kappa shape index (κ2) is 8.06. The number of rotatable bonds is 5. The van der Waals surface area contributed by atoms with Crippen LogP contribution in [0.5, 0.6) is 5.75 Å². The first kappa shape index (κ1) is 17.4. The molecule has 6 heteroatoms. The van der Waals surface area contributed by atoms with Gasteiger partial charge in [-0.05, 0) is 25.5 Å². The third kappa shape index (κ3) is 4.07.